The van der Waals surface area contributed by atoms with E-state index in [9.17, 15) is 149 Å². The molecule has 7 saturated heterocycles. The maximum atomic E-state index is 14.9. The number of carbonyl (C=O) groups is 14. The van der Waals surface area contributed by atoms with Crippen LogP contribution in [0.1, 0.15) is 117 Å². The van der Waals surface area contributed by atoms with Crippen LogP contribution in [0.5, 0.6) is 0 Å². The molecule has 0 bridgehead atoms. The molecular weight excluding hydrogens is 1770 g/mol. The molecule has 14 amide bonds. The maximum absolute atomic E-state index is 14.9. The van der Waals surface area contributed by atoms with Crippen LogP contribution in [0.15, 0.2) is 20.6 Å². The first-order valence-electron chi connectivity index (χ1n) is 43.0. The van der Waals surface area contributed by atoms with Gasteiger partial charge in [-0.2, -0.15) is 0 Å². The number of oxime groups is 4. The number of carbonyl (C=O) groups excluding carboxylic acids is 14. The lowest BCUT2D eigenvalue weighted by Gasteiger charge is -2.38. The van der Waals surface area contributed by atoms with Gasteiger partial charge >= 0.3 is 0 Å². The number of fused-ring (bicyclic) bond motifs is 2. The van der Waals surface area contributed by atoms with Crippen molar-refractivity contribution >= 4 is 108 Å². The number of amides is 14. The Hall–Kier alpha value is -10.3. The molecule has 0 unspecified atom stereocenters. The van der Waals surface area contributed by atoms with E-state index in [-0.39, 0.29) is 142 Å². The van der Waals surface area contributed by atoms with Gasteiger partial charge < -0.3 is 194 Å². The van der Waals surface area contributed by atoms with Crippen LogP contribution in [-0.2, 0) is 105 Å². The predicted octanol–water partition coefficient (Wildman–Crippen LogP) is -16.5. The molecule has 0 aliphatic carbocycles. The molecule has 28 N–H and O–H groups in total. The molecule has 0 radical (unpaired) electrons. The molecule has 0 aromatic carbocycles. The molecule has 0 saturated carbocycles. The topological polar surface area (TPSA) is 837 Å². The number of nitrogens with one attached hydrogen (secondary N) is 12. The van der Waals surface area contributed by atoms with Crippen LogP contribution in [-0.4, -0.2) is 449 Å². The van der Waals surface area contributed by atoms with Gasteiger partial charge in [0, 0.05) is 39.3 Å². The first-order chi connectivity index (χ1) is 62.9. The summed E-state index contributed by atoms with van der Waals surface area (Å²) in [5.74, 6) is -13.0. The van der Waals surface area contributed by atoms with Crippen molar-refractivity contribution in [2.75, 3.05) is 78.8 Å². The SMILES string of the molecule is C[C@@H]1NC(=O)[C@H](CCCCNC(=O)/C=N/O[C@H]2O[C@H](CO)[C@H](O)[C@H](O)[C@H]2O)NC(=O)CNC(=O)[C@@H]2CCCN2C(=O)[C@H](CCCCNC(=O)/C=N/O[C@H]2O[C@H](CO)[C@H](O)[C@H](O)[C@H]2O)NC(=O)[C@H](C)NC(=O)[C@H](CCCCNC(=O)/C=N/O[C@H]2O[C@H](CO)[C@H](O)[C@H](O)[C@H]2O)NC(=O)CNC(=O)[C@@H]2CCCN2C(=O)[C@H](CCCCNC(=O)/C=N/O[C@H]2O[C@H](CO)[C@H](O)[C@H](O)[C@H]2O)NC1=O. The fraction of sp³-hybridized carbons (Fsp3) is 0.763. The summed E-state index contributed by atoms with van der Waals surface area (Å²) in [5, 5.41) is 204. The number of rotatable bonds is 36. The summed E-state index contributed by atoms with van der Waals surface area (Å²) < 4.78 is 20.8. The minimum Gasteiger partial charge on any atom is -0.394 e. The van der Waals surface area contributed by atoms with Crippen LogP contribution in [0.25, 0.3) is 0 Å². The fourth-order valence-electron chi connectivity index (χ4n) is 14.6. The van der Waals surface area contributed by atoms with Crippen molar-refractivity contribution in [1.82, 2.24) is 73.6 Å². The molecule has 744 valence electrons. The lowest BCUT2D eigenvalue weighted by atomic mass is 9.99. The molecule has 0 aromatic rings. The van der Waals surface area contributed by atoms with E-state index in [1.165, 1.54) is 13.8 Å². The average molecular weight is 1900 g/mol. The summed E-state index contributed by atoms with van der Waals surface area (Å²) in [4.78, 5) is 218. The highest BCUT2D eigenvalue weighted by Crippen LogP contribution is 2.28. The zero-order valence-electron chi connectivity index (χ0n) is 72.1. The molecule has 7 heterocycles. The Labute approximate surface area is 752 Å². The third-order valence-corrected chi connectivity index (χ3v) is 22.2. The van der Waals surface area contributed by atoms with Crippen LogP contribution in [0.4, 0.5) is 0 Å². The first kappa shape index (κ1) is 109. The van der Waals surface area contributed by atoms with Crippen molar-refractivity contribution in [2.45, 2.75) is 288 Å². The molecular formula is C76H122N18O38. The number of hydrogen-bond acceptors (Lipinski definition) is 42. The smallest absolute Gasteiger partial charge is 0.265 e. The molecule has 7 rings (SSSR count). The Morgan fingerprint density at radius 1 is 0.348 bits per heavy atom. The first-order valence-corrected chi connectivity index (χ1v) is 43.0. The number of aliphatic hydroxyl groups is 16. The Balaban J connectivity index is 1.10. The van der Waals surface area contributed by atoms with Gasteiger partial charge in [0.25, 0.3) is 48.8 Å². The van der Waals surface area contributed by atoms with Crippen molar-refractivity contribution in [2.24, 2.45) is 20.6 Å². The number of unbranched alkanes of at least 4 members (excludes halogenated alkanes) is 4. The normalized spacial score (nSPS) is 33.8. The van der Waals surface area contributed by atoms with Gasteiger partial charge in [0.2, 0.25) is 59.1 Å². The van der Waals surface area contributed by atoms with Crippen molar-refractivity contribution in [3.8, 4) is 0 Å². The van der Waals surface area contributed by atoms with E-state index in [1.54, 1.807) is 0 Å². The summed E-state index contributed by atoms with van der Waals surface area (Å²) in [6.07, 6.45) is -31.5. The van der Waals surface area contributed by atoms with Gasteiger partial charge in [0.1, 0.15) is 171 Å². The van der Waals surface area contributed by atoms with Gasteiger partial charge in [-0.3, -0.25) is 67.1 Å². The highest BCUT2D eigenvalue weighted by atomic mass is 16.8. The lowest BCUT2D eigenvalue weighted by molar-refractivity contribution is -0.301. The Bertz CT molecular complexity index is 3690. The summed E-state index contributed by atoms with van der Waals surface area (Å²) in [7, 11) is 0. The minimum atomic E-state index is -1.85. The number of aliphatic hydroxyl groups excluding tert-OH is 16. The molecule has 56 nitrogen and oxygen atoms in total. The maximum Gasteiger partial charge on any atom is 0.265 e. The molecule has 7 aliphatic rings. The van der Waals surface area contributed by atoms with E-state index in [2.05, 4.69) is 84.4 Å². The highest BCUT2D eigenvalue weighted by Gasteiger charge is 2.50. The summed E-state index contributed by atoms with van der Waals surface area (Å²) in [5.41, 5.74) is 0. The Morgan fingerprint density at radius 3 is 0.864 bits per heavy atom. The molecule has 7 aliphatic heterocycles. The predicted molar refractivity (Wildman–Crippen MR) is 439 cm³/mol. The van der Waals surface area contributed by atoms with Gasteiger partial charge in [-0.15, -0.1) is 0 Å². The molecule has 7 fully saturated rings. The van der Waals surface area contributed by atoms with Crippen molar-refractivity contribution in [1.29, 1.82) is 0 Å². The lowest BCUT2D eigenvalue weighted by Crippen LogP contribution is -2.59. The van der Waals surface area contributed by atoms with E-state index in [1.807, 2.05) is 0 Å². The van der Waals surface area contributed by atoms with Gasteiger partial charge in [-0.05, 0) is 117 Å². The minimum absolute atomic E-state index is 0.00365. The van der Waals surface area contributed by atoms with Gasteiger partial charge in [-0.1, -0.05) is 20.6 Å². The molecule has 56 heteroatoms. The number of nitrogens with zero attached hydrogens (tertiary/aromatic N) is 6. The van der Waals surface area contributed by atoms with E-state index < -0.39 is 293 Å². The number of ether oxygens (including phenoxy) is 4. The molecule has 132 heavy (non-hydrogen) atoms. The van der Waals surface area contributed by atoms with E-state index in [4.69, 9.17) is 38.3 Å². The van der Waals surface area contributed by atoms with Crippen molar-refractivity contribution < 1.29 is 187 Å². The molecule has 0 aromatic heterocycles. The Morgan fingerprint density at radius 2 is 0.606 bits per heavy atom. The van der Waals surface area contributed by atoms with Gasteiger partial charge in [0.05, 0.1) is 39.5 Å². The standard InChI is InChI=1S/C76H122N18O38/c1-35-65(117)91-39(15-5-9-21-79-49(101)29-85-131-75-63(115)59(111)55(107)45(33-97)127-75)71(123)93-23-11-17-41(93)69(121)82-26-52(104)90-38(14-4-8-20-78-48(100)28-84-130-74-62(114)58(110)54(106)44(32-96)126-74)68(120)88-36(2)66(118)92-40(16-6-10-22-80-50(102)30-86-132-76-64(116)60(112)56(108)46(34-98)128-76)72(124)94-24-12-18-42(94)70(122)81-25-51(103)89-37(67(119)87-35)13-3-7-19-77-47(99)27-83-129-73-61(113)57(109)53(105)43(31-95)125-73/h27-30,35-46,53-64,73-76,95-98,105-116H,3-26,31-34H2,1-2H3,(H,77,99)(H,78,100)(H,79,101)(H,80,102)(H,81,122)(H,82,121)(H,87,119)(H,88,120)(H,89,103)(H,90,104)(H,91,117)(H,92,118)/b83-27+,84-28+,85-29+,86-30+/t35-,36-,37-,38-,39-,40-,41-,42-,43+,44+,45+,46+,53-,54-,55-,56-,57-,58-,59-,60-,61+,62+,63+,64+,73+,74+,75+,76+/m0/s1. The third kappa shape index (κ3) is 32.5. The van der Waals surface area contributed by atoms with Crippen LogP contribution in [0.2, 0.25) is 0 Å². The Kier molecular flexibility index (Phi) is 45.1. The van der Waals surface area contributed by atoms with E-state index >= 15 is 0 Å². The second kappa shape index (κ2) is 54.7. The van der Waals surface area contributed by atoms with Gasteiger partial charge in [-0.25, -0.2) is 0 Å². The monoisotopic (exact) mass is 1890 g/mol. The summed E-state index contributed by atoms with van der Waals surface area (Å²) in [6, 6.07) is -11.9. The zero-order chi connectivity index (χ0) is 97.0. The third-order valence-electron chi connectivity index (χ3n) is 22.2. The molecule has 0 spiro atoms. The van der Waals surface area contributed by atoms with Gasteiger partial charge in [0.15, 0.2) is 0 Å². The van der Waals surface area contributed by atoms with Crippen molar-refractivity contribution in [3.05, 3.63) is 0 Å². The van der Waals surface area contributed by atoms with Crippen LogP contribution in [0.3, 0.4) is 0 Å². The van der Waals surface area contributed by atoms with Crippen LogP contribution >= 0.6 is 0 Å². The van der Waals surface area contributed by atoms with Crippen molar-refractivity contribution in [3.63, 3.8) is 0 Å². The summed E-state index contributed by atoms with van der Waals surface area (Å²) >= 11 is 0. The largest absolute Gasteiger partial charge is 0.394 e. The van der Waals surface area contributed by atoms with E-state index in [0.29, 0.717) is 24.9 Å². The summed E-state index contributed by atoms with van der Waals surface area (Å²) in [6.45, 7) is -3.11. The second-order valence-electron chi connectivity index (χ2n) is 31.9. The van der Waals surface area contributed by atoms with Crippen LogP contribution in [0, 0.1) is 0 Å². The zero-order valence-corrected chi connectivity index (χ0v) is 72.1. The van der Waals surface area contributed by atoms with Crippen LogP contribution < -0.4 is 63.8 Å². The highest BCUT2D eigenvalue weighted by molar-refractivity contribution is 6.27. The quantitative estimate of drug-likeness (QED) is 0.0157. The average Bonchev–Trinajstić information content (AvgIpc) is 1.80. The van der Waals surface area contributed by atoms with E-state index in [0.717, 1.165) is 9.80 Å². The molecule has 28 atom stereocenters. The number of hydrogen-bond donors (Lipinski definition) is 28. The fourth-order valence-corrected chi connectivity index (χ4v) is 14.6. The second-order valence-corrected chi connectivity index (χ2v) is 31.9.